The molecule has 4 rings (SSSR count). The summed E-state index contributed by atoms with van der Waals surface area (Å²) < 4.78 is 6.99. The molecule has 0 spiro atoms. The highest BCUT2D eigenvalue weighted by molar-refractivity contribution is 5.93. The van der Waals surface area contributed by atoms with Crippen LogP contribution in [-0.4, -0.2) is 52.9 Å². The highest BCUT2D eigenvalue weighted by Crippen LogP contribution is 2.21. The normalized spacial score (nSPS) is 21.8. The van der Waals surface area contributed by atoms with E-state index in [1.165, 1.54) is 12.8 Å². The molecule has 2 unspecified atom stereocenters. The number of halogens is 1. The molecule has 1 amide bonds. The number of ether oxygens (including phenoxy) is 1. The lowest BCUT2D eigenvalue weighted by atomic mass is 10.1. The van der Waals surface area contributed by atoms with E-state index in [1.54, 1.807) is 13.3 Å². The maximum atomic E-state index is 12.8. The molecule has 26 heavy (non-hydrogen) atoms. The molecule has 3 heterocycles. The maximum absolute atomic E-state index is 12.8. The van der Waals surface area contributed by atoms with Crippen LogP contribution < -0.4 is 10.1 Å². The number of hydrogen-bond donors (Lipinski definition) is 1. The van der Waals surface area contributed by atoms with Crippen molar-refractivity contribution in [3.63, 3.8) is 0 Å². The van der Waals surface area contributed by atoms with E-state index in [9.17, 15) is 4.79 Å². The van der Waals surface area contributed by atoms with Crippen molar-refractivity contribution in [1.82, 2.24) is 20.0 Å². The van der Waals surface area contributed by atoms with Crippen molar-refractivity contribution < 1.29 is 9.53 Å². The third-order valence-electron chi connectivity index (χ3n) is 5.19. The van der Waals surface area contributed by atoms with Gasteiger partial charge in [0.25, 0.3) is 5.91 Å². The Bertz CT molecular complexity index is 746. The molecule has 0 saturated carbocycles. The van der Waals surface area contributed by atoms with Crippen molar-refractivity contribution in [3.05, 3.63) is 47.8 Å². The van der Waals surface area contributed by atoms with E-state index >= 15 is 0 Å². The van der Waals surface area contributed by atoms with E-state index in [-0.39, 0.29) is 18.3 Å². The average molecular weight is 377 g/mol. The lowest BCUT2D eigenvalue weighted by Crippen LogP contribution is -2.38. The van der Waals surface area contributed by atoms with Crippen LogP contribution in [0, 0.1) is 0 Å². The Morgan fingerprint density at radius 2 is 2.00 bits per heavy atom. The van der Waals surface area contributed by atoms with Gasteiger partial charge in [0.2, 0.25) is 0 Å². The maximum Gasteiger partial charge on any atom is 0.257 e. The summed E-state index contributed by atoms with van der Waals surface area (Å²) in [6.45, 7) is 2.28. The second kappa shape index (κ2) is 8.10. The minimum absolute atomic E-state index is 0. The van der Waals surface area contributed by atoms with Gasteiger partial charge < -0.3 is 15.0 Å². The topological polar surface area (TPSA) is 59.4 Å². The third kappa shape index (κ3) is 4.02. The first-order valence-electron chi connectivity index (χ1n) is 8.92. The molecule has 2 aliphatic heterocycles. The Kier molecular flexibility index (Phi) is 5.84. The van der Waals surface area contributed by atoms with Gasteiger partial charge in [-0.3, -0.25) is 9.48 Å². The molecule has 2 saturated heterocycles. The molecule has 0 aliphatic carbocycles. The van der Waals surface area contributed by atoms with Crippen molar-refractivity contribution in [1.29, 1.82) is 0 Å². The Morgan fingerprint density at radius 1 is 1.23 bits per heavy atom. The lowest BCUT2D eigenvalue weighted by Gasteiger charge is -2.23. The highest BCUT2D eigenvalue weighted by Gasteiger charge is 2.31. The van der Waals surface area contributed by atoms with Gasteiger partial charge in [-0.15, -0.1) is 12.4 Å². The van der Waals surface area contributed by atoms with Crippen LogP contribution in [0.25, 0.3) is 0 Å². The number of carbonyl (C=O) groups excluding carboxylic acids is 1. The molecule has 2 fully saturated rings. The number of nitrogens with one attached hydrogen (secondary N) is 1. The first-order valence-corrected chi connectivity index (χ1v) is 8.92. The zero-order valence-electron chi connectivity index (χ0n) is 14.9. The van der Waals surface area contributed by atoms with E-state index in [0.29, 0.717) is 24.2 Å². The summed E-state index contributed by atoms with van der Waals surface area (Å²) in [7, 11) is 1.66. The van der Waals surface area contributed by atoms with Gasteiger partial charge in [-0.25, -0.2) is 0 Å². The summed E-state index contributed by atoms with van der Waals surface area (Å²) in [6.07, 6.45) is 6.99. The smallest absolute Gasteiger partial charge is 0.257 e. The van der Waals surface area contributed by atoms with Crippen molar-refractivity contribution in [2.75, 3.05) is 20.2 Å². The number of methoxy groups -OCH3 is 1. The minimum atomic E-state index is 0. The molecule has 7 heteroatoms. The van der Waals surface area contributed by atoms with Gasteiger partial charge in [0, 0.05) is 31.4 Å². The SMILES string of the molecule is COc1ccc(Cn2cc(C(=O)N3CCC4CCC(C3)N4)cn2)cc1.Cl. The Labute approximate surface area is 159 Å². The summed E-state index contributed by atoms with van der Waals surface area (Å²) in [5, 5.41) is 7.98. The zero-order valence-corrected chi connectivity index (χ0v) is 15.7. The predicted molar refractivity (Wildman–Crippen MR) is 102 cm³/mol. The molecule has 2 aliphatic rings. The molecule has 1 aromatic heterocycles. The van der Waals surface area contributed by atoms with Gasteiger partial charge in [-0.1, -0.05) is 12.1 Å². The summed E-state index contributed by atoms with van der Waals surface area (Å²) in [6, 6.07) is 8.93. The fourth-order valence-corrected chi connectivity index (χ4v) is 3.79. The number of aromatic nitrogens is 2. The first-order chi connectivity index (χ1) is 12.2. The standard InChI is InChI=1S/C19H24N4O2.ClH/c1-25-18-6-2-14(3-7-18)11-23-12-15(10-20-23)19(24)22-9-8-16-4-5-17(13-22)21-16;/h2-3,6-7,10,12,16-17,21H,4-5,8-9,11,13H2,1H3;1H. The number of benzene rings is 1. The second-order valence-electron chi connectivity index (χ2n) is 6.95. The van der Waals surface area contributed by atoms with Gasteiger partial charge in [0.15, 0.2) is 0 Å². The van der Waals surface area contributed by atoms with Gasteiger partial charge in [-0.05, 0) is 37.0 Å². The number of fused-ring (bicyclic) bond motifs is 2. The molecular formula is C19H25ClN4O2. The summed E-state index contributed by atoms with van der Waals surface area (Å²) in [5.74, 6) is 0.930. The first kappa shape index (κ1) is 18.7. The fraction of sp³-hybridized carbons (Fsp3) is 0.474. The van der Waals surface area contributed by atoms with Gasteiger partial charge in [0.1, 0.15) is 5.75 Å². The molecular weight excluding hydrogens is 352 g/mol. The molecule has 1 aromatic carbocycles. The number of likely N-dealkylation sites (tertiary alicyclic amines) is 1. The molecule has 6 nitrogen and oxygen atoms in total. The monoisotopic (exact) mass is 376 g/mol. The number of rotatable bonds is 4. The number of carbonyl (C=O) groups is 1. The van der Waals surface area contributed by atoms with Gasteiger partial charge >= 0.3 is 0 Å². The number of hydrogen-bond acceptors (Lipinski definition) is 4. The second-order valence-corrected chi connectivity index (χ2v) is 6.95. The van der Waals surface area contributed by atoms with Crippen LogP contribution in [0.2, 0.25) is 0 Å². The highest BCUT2D eigenvalue weighted by atomic mass is 35.5. The van der Waals surface area contributed by atoms with E-state index < -0.39 is 0 Å². The third-order valence-corrected chi connectivity index (χ3v) is 5.19. The van der Waals surface area contributed by atoms with E-state index in [4.69, 9.17) is 4.74 Å². The molecule has 2 atom stereocenters. The Hall–Kier alpha value is -2.05. The predicted octanol–water partition coefficient (Wildman–Crippen LogP) is 2.33. The molecule has 140 valence electrons. The van der Waals surface area contributed by atoms with E-state index in [0.717, 1.165) is 30.8 Å². The quantitative estimate of drug-likeness (QED) is 0.889. The van der Waals surface area contributed by atoms with Crippen molar-refractivity contribution >= 4 is 18.3 Å². The molecule has 2 aromatic rings. The molecule has 1 N–H and O–H groups in total. The number of amides is 1. The summed E-state index contributed by atoms with van der Waals surface area (Å²) in [5.41, 5.74) is 1.80. The van der Waals surface area contributed by atoms with Crippen molar-refractivity contribution in [3.8, 4) is 5.75 Å². The van der Waals surface area contributed by atoms with Crippen LogP contribution in [0.4, 0.5) is 0 Å². The van der Waals surface area contributed by atoms with Crippen molar-refractivity contribution in [2.45, 2.75) is 37.9 Å². The van der Waals surface area contributed by atoms with Crippen LogP contribution in [0.15, 0.2) is 36.7 Å². The average Bonchev–Trinajstić information content (AvgIpc) is 3.21. The van der Waals surface area contributed by atoms with Crippen LogP contribution in [0.1, 0.15) is 35.2 Å². The molecule has 2 bridgehead atoms. The van der Waals surface area contributed by atoms with Crippen LogP contribution >= 0.6 is 12.4 Å². The van der Waals surface area contributed by atoms with E-state index in [1.807, 2.05) is 40.0 Å². The largest absolute Gasteiger partial charge is 0.497 e. The Morgan fingerprint density at radius 3 is 2.77 bits per heavy atom. The lowest BCUT2D eigenvalue weighted by molar-refractivity contribution is 0.0748. The zero-order chi connectivity index (χ0) is 17.2. The van der Waals surface area contributed by atoms with Crippen LogP contribution in [0.3, 0.4) is 0 Å². The van der Waals surface area contributed by atoms with Crippen LogP contribution in [-0.2, 0) is 6.54 Å². The fourth-order valence-electron chi connectivity index (χ4n) is 3.79. The van der Waals surface area contributed by atoms with Crippen LogP contribution in [0.5, 0.6) is 5.75 Å². The summed E-state index contributed by atoms with van der Waals surface area (Å²) in [4.78, 5) is 14.8. The van der Waals surface area contributed by atoms with E-state index in [2.05, 4.69) is 10.4 Å². The number of nitrogens with zero attached hydrogens (tertiary/aromatic N) is 3. The molecule has 0 radical (unpaired) electrons. The van der Waals surface area contributed by atoms with Crippen molar-refractivity contribution in [2.24, 2.45) is 0 Å². The Balaban J connectivity index is 0.00000196. The minimum Gasteiger partial charge on any atom is -0.497 e. The summed E-state index contributed by atoms with van der Waals surface area (Å²) >= 11 is 0. The van der Waals surface area contributed by atoms with Gasteiger partial charge in [0.05, 0.1) is 25.4 Å². The van der Waals surface area contributed by atoms with Gasteiger partial charge in [-0.2, -0.15) is 5.10 Å².